The van der Waals surface area contributed by atoms with Gasteiger partial charge >= 0.3 is 0 Å². The summed E-state index contributed by atoms with van der Waals surface area (Å²) in [5, 5.41) is 50.8. The Morgan fingerprint density at radius 3 is 2.32 bits per heavy atom. The Morgan fingerprint density at radius 2 is 1.76 bits per heavy atom. The molecule has 2 fully saturated rings. The summed E-state index contributed by atoms with van der Waals surface area (Å²) >= 11 is 0. The molecule has 0 spiro atoms. The van der Waals surface area contributed by atoms with E-state index in [-0.39, 0.29) is 6.10 Å². The number of hydrogen-bond acceptors (Lipinski definition) is 7. The van der Waals surface area contributed by atoms with Gasteiger partial charge in [-0.1, -0.05) is 38.1 Å². The Balaban J connectivity index is 1.73. The topological polar surface area (TPSA) is 123 Å². The van der Waals surface area contributed by atoms with Gasteiger partial charge in [0.1, 0.15) is 36.3 Å². The van der Waals surface area contributed by atoms with Crippen LogP contribution in [-0.4, -0.2) is 57.6 Å². The van der Waals surface area contributed by atoms with Crippen molar-refractivity contribution in [1.29, 1.82) is 5.26 Å². The first-order chi connectivity index (χ1) is 16.3. The smallest absolute Gasteiger partial charge is 0.126 e. The van der Waals surface area contributed by atoms with Crippen LogP contribution in [0.3, 0.4) is 0 Å². The monoisotopic (exact) mass is 467 g/mol. The van der Waals surface area contributed by atoms with Gasteiger partial charge in [0.15, 0.2) is 0 Å². The first kappa shape index (κ1) is 24.6. The predicted molar refractivity (Wildman–Crippen MR) is 125 cm³/mol. The highest BCUT2D eigenvalue weighted by Gasteiger charge is 2.45. The molecule has 1 aliphatic heterocycles. The van der Waals surface area contributed by atoms with E-state index in [0.29, 0.717) is 29.2 Å². The van der Waals surface area contributed by atoms with E-state index in [0.717, 1.165) is 30.4 Å². The van der Waals surface area contributed by atoms with Gasteiger partial charge in [-0.3, -0.25) is 0 Å². The summed E-state index contributed by atoms with van der Waals surface area (Å²) in [7, 11) is 0. The van der Waals surface area contributed by atoms with Crippen LogP contribution in [0.5, 0.6) is 5.75 Å². The number of nitrogens with zero attached hydrogens (tertiary/aromatic N) is 1. The minimum absolute atomic E-state index is 0.0182. The SMILES string of the molecule is CC(C)c1ccc(Cc2cc([C@@H]3O[C@H](CO)[C@@H](O)[C@H](O)[C@H]3O)c(OC3CCC3)cc2C#N)cc1. The largest absolute Gasteiger partial charge is 0.490 e. The number of nitriles is 1. The van der Waals surface area contributed by atoms with Crippen LogP contribution in [0.1, 0.15) is 72.9 Å². The van der Waals surface area contributed by atoms with Crippen LogP contribution in [0.2, 0.25) is 0 Å². The van der Waals surface area contributed by atoms with Crippen molar-refractivity contribution in [2.45, 2.75) is 82.1 Å². The third-order valence-electron chi connectivity index (χ3n) is 6.94. The number of hydrogen-bond donors (Lipinski definition) is 4. The molecule has 7 heteroatoms. The van der Waals surface area contributed by atoms with Crippen molar-refractivity contribution in [3.05, 3.63) is 64.2 Å². The molecule has 4 N–H and O–H groups in total. The third-order valence-corrected chi connectivity index (χ3v) is 6.94. The first-order valence-corrected chi connectivity index (χ1v) is 11.9. The van der Waals surface area contributed by atoms with E-state index < -0.39 is 37.1 Å². The van der Waals surface area contributed by atoms with Crippen LogP contribution in [0, 0.1) is 11.3 Å². The van der Waals surface area contributed by atoms with Crippen molar-refractivity contribution < 1.29 is 29.9 Å². The van der Waals surface area contributed by atoms with Gasteiger partial charge in [0.05, 0.1) is 24.3 Å². The molecule has 4 rings (SSSR count). The lowest BCUT2D eigenvalue weighted by Gasteiger charge is -2.41. The average molecular weight is 468 g/mol. The normalized spacial score (nSPS) is 27.3. The van der Waals surface area contributed by atoms with Crippen molar-refractivity contribution in [2.75, 3.05) is 6.61 Å². The van der Waals surface area contributed by atoms with E-state index in [9.17, 15) is 25.7 Å². The molecule has 7 nitrogen and oxygen atoms in total. The number of ether oxygens (including phenoxy) is 2. The maximum atomic E-state index is 10.8. The van der Waals surface area contributed by atoms with E-state index in [2.05, 4.69) is 32.0 Å². The molecule has 2 aliphatic rings. The Bertz CT molecular complexity index is 1020. The highest BCUT2D eigenvalue weighted by atomic mass is 16.5. The summed E-state index contributed by atoms with van der Waals surface area (Å²) < 4.78 is 12.0. The van der Waals surface area contributed by atoms with E-state index in [4.69, 9.17) is 9.47 Å². The molecule has 2 aromatic rings. The van der Waals surface area contributed by atoms with Gasteiger partial charge in [-0.25, -0.2) is 0 Å². The van der Waals surface area contributed by atoms with Crippen molar-refractivity contribution in [1.82, 2.24) is 0 Å². The molecule has 0 bridgehead atoms. The van der Waals surface area contributed by atoms with Crippen molar-refractivity contribution in [3.8, 4) is 11.8 Å². The van der Waals surface area contributed by atoms with Crippen LogP contribution in [0.25, 0.3) is 0 Å². The fraction of sp³-hybridized carbons (Fsp3) is 0.519. The molecule has 1 saturated heterocycles. The summed E-state index contributed by atoms with van der Waals surface area (Å²) in [4.78, 5) is 0. The number of benzene rings is 2. The van der Waals surface area contributed by atoms with E-state index >= 15 is 0 Å². The molecule has 5 atom stereocenters. The second-order valence-electron chi connectivity index (χ2n) is 9.65. The zero-order valence-electron chi connectivity index (χ0n) is 19.6. The molecule has 0 aromatic heterocycles. The van der Waals surface area contributed by atoms with Gasteiger partial charge in [-0.05, 0) is 60.4 Å². The minimum Gasteiger partial charge on any atom is -0.490 e. The summed E-state index contributed by atoms with van der Waals surface area (Å²) in [6.45, 7) is 3.76. The van der Waals surface area contributed by atoms with Crippen molar-refractivity contribution >= 4 is 0 Å². The average Bonchev–Trinajstić information content (AvgIpc) is 2.81. The van der Waals surface area contributed by atoms with E-state index in [1.54, 1.807) is 12.1 Å². The van der Waals surface area contributed by atoms with Gasteiger partial charge in [0.2, 0.25) is 0 Å². The van der Waals surface area contributed by atoms with Crippen molar-refractivity contribution in [3.63, 3.8) is 0 Å². The summed E-state index contributed by atoms with van der Waals surface area (Å²) in [5.74, 6) is 0.842. The maximum absolute atomic E-state index is 10.8. The van der Waals surface area contributed by atoms with Gasteiger partial charge in [0, 0.05) is 5.56 Å². The quantitative estimate of drug-likeness (QED) is 0.494. The number of aliphatic hydroxyl groups is 4. The molecular formula is C27H33NO6. The lowest BCUT2D eigenvalue weighted by Crippen LogP contribution is -2.55. The summed E-state index contributed by atoms with van der Waals surface area (Å²) in [6.07, 6.45) is -3.02. The molecule has 0 unspecified atom stereocenters. The van der Waals surface area contributed by atoms with Crippen LogP contribution >= 0.6 is 0 Å². The van der Waals surface area contributed by atoms with Gasteiger partial charge in [0.25, 0.3) is 0 Å². The Labute approximate surface area is 200 Å². The number of aliphatic hydroxyl groups excluding tert-OH is 4. The molecule has 1 aliphatic carbocycles. The molecule has 1 saturated carbocycles. The summed E-state index contributed by atoms with van der Waals surface area (Å²) in [5.41, 5.74) is 3.98. The van der Waals surface area contributed by atoms with Gasteiger partial charge < -0.3 is 29.9 Å². The molecule has 34 heavy (non-hydrogen) atoms. The standard InChI is InChI=1S/C27H33NO6/c1-15(2)17-8-6-16(7-9-17)10-18-11-21(22(12-19(18)13-28)33-20-4-3-5-20)27-26(32)25(31)24(30)23(14-29)34-27/h6-9,11-12,15,20,23-27,29-32H,3-5,10,14H2,1-2H3/t23-,24-,25+,26-,27+/m1/s1. The van der Waals surface area contributed by atoms with Crippen LogP contribution in [-0.2, 0) is 11.2 Å². The van der Waals surface area contributed by atoms with Crippen LogP contribution < -0.4 is 4.74 Å². The second-order valence-corrected chi connectivity index (χ2v) is 9.65. The zero-order chi connectivity index (χ0) is 24.4. The zero-order valence-corrected chi connectivity index (χ0v) is 19.6. The van der Waals surface area contributed by atoms with Crippen LogP contribution in [0.4, 0.5) is 0 Å². The first-order valence-electron chi connectivity index (χ1n) is 11.9. The Morgan fingerprint density at radius 1 is 1.06 bits per heavy atom. The predicted octanol–water partition coefficient (Wildman–Crippen LogP) is 2.72. The molecule has 0 radical (unpaired) electrons. The molecule has 2 aromatic carbocycles. The van der Waals surface area contributed by atoms with E-state index in [1.165, 1.54) is 5.56 Å². The lowest BCUT2D eigenvalue weighted by atomic mass is 9.88. The van der Waals surface area contributed by atoms with Gasteiger partial charge in [-0.15, -0.1) is 0 Å². The van der Waals surface area contributed by atoms with Crippen molar-refractivity contribution in [2.24, 2.45) is 0 Å². The molecule has 0 amide bonds. The van der Waals surface area contributed by atoms with Gasteiger partial charge in [-0.2, -0.15) is 5.26 Å². The highest BCUT2D eigenvalue weighted by molar-refractivity contribution is 5.51. The molecule has 1 heterocycles. The lowest BCUT2D eigenvalue weighted by molar-refractivity contribution is -0.232. The van der Waals surface area contributed by atoms with Crippen LogP contribution in [0.15, 0.2) is 36.4 Å². The maximum Gasteiger partial charge on any atom is 0.126 e. The summed E-state index contributed by atoms with van der Waals surface area (Å²) in [6, 6.07) is 14.0. The Kier molecular flexibility index (Phi) is 7.56. The molecule has 182 valence electrons. The van der Waals surface area contributed by atoms with E-state index in [1.807, 2.05) is 12.1 Å². The highest BCUT2D eigenvalue weighted by Crippen LogP contribution is 2.40. The minimum atomic E-state index is -1.49. The Hall–Kier alpha value is -2.47. The molecular weight excluding hydrogens is 434 g/mol. The second kappa shape index (κ2) is 10.4. The number of rotatable bonds is 7. The fourth-order valence-electron chi connectivity index (χ4n) is 4.49. The third kappa shape index (κ3) is 4.97. The fourth-order valence-corrected chi connectivity index (χ4v) is 4.49.